The average molecular weight is 216 g/mol. The van der Waals surface area contributed by atoms with Crippen LogP contribution in [0.2, 0.25) is 0 Å². The van der Waals surface area contributed by atoms with Crippen molar-refractivity contribution in [3.8, 4) is 0 Å². The third-order valence-electron chi connectivity index (χ3n) is 2.91. The number of hydrogen-bond donors (Lipinski definition) is 1. The summed E-state index contributed by atoms with van der Waals surface area (Å²) in [6.45, 7) is 10.4. The predicted octanol–water partition coefficient (Wildman–Crippen LogP) is 3.27. The van der Waals surface area contributed by atoms with E-state index in [-0.39, 0.29) is 5.54 Å². The minimum absolute atomic E-state index is 0.134. The van der Waals surface area contributed by atoms with Gasteiger partial charge >= 0.3 is 0 Å². The maximum atomic E-state index is 3.80. The minimum atomic E-state index is 0.134. The SMILES string of the molecule is C=CCCN1CC(C)(C)Nc2ccccc21. The number of para-hydroxylation sites is 2. The zero-order chi connectivity index (χ0) is 11.6. The first-order valence-corrected chi connectivity index (χ1v) is 5.85. The quantitative estimate of drug-likeness (QED) is 0.780. The number of benzene rings is 1. The zero-order valence-electron chi connectivity index (χ0n) is 10.2. The van der Waals surface area contributed by atoms with Crippen molar-refractivity contribution in [3.63, 3.8) is 0 Å². The van der Waals surface area contributed by atoms with E-state index in [0.717, 1.165) is 19.5 Å². The van der Waals surface area contributed by atoms with Crippen LogP contribution in [0.5, 0.6) is 0 Å². The zero-order valence-corrected chi connectivity index (χ0v) is 10.2. The molecule has 1 aliphatic rings. The highest BCUT2D eigenvalue weighted by Gasteiger charge is 2.28. The molecule has 1 N–H and O–H groups in total. The second-order valence-electron chi connectivity index (χ2n) is 5.02. The topological polar surface area (TPSA) is 15.3 Å². The van der Waals surface area contributed by atoms with E-state index in [1.54, 1.807) is 0 Å². The van der Waals surface area contributed by atoms with E-state index in [4.69, 9.17) is 0 Å². The summed E-state index contributed by atoms with van der Waals surface area (Å²) in [6.07, 6.45) is 3.02. The summed E-state index contributed by atoms with van der Waals surface area (Å²) in [6, 6.07) is 8.51. The molecule has 0 saturated heterocycles. The Labute approximate surface area is 98.0 Å². The molecule has 0 atom stereocenters. The van der Waals surface area contributed by atoms with Crippen molar-refractivity contribution in [2.24, 2.45) is 0 Å². The molecule has 1 aromatic rings. The van der Waals surface area contributed by atoms with Crippen LogP contribution >= 0.6 is 0 Å². The van der Waals surface area contributed by atoms with Crippen LogP contribution in [0.25, 0.3) is 0 Å². The lowest BCUT2D eigenvalue weighted by molar-refractivity contribution is 0.532. The van der Waals surface area contributed by atoms with Gasteiger partial charge < -0.3 is 10.2 Å². The second kappa shape index (κ2) is 4.20. The molecule has 1 aromatic carbocycles. The van der Waals surface area contributed by atoms with Gasteiger partial charge in [0, 0.05) is 18.6 Å². The van der Waals surface area contributed by atoms with Crippen molar-refractivity contribution in [2.75, 3.05) is 23.3 Å². The Bertz CT molecular complexity index is 382. The molecule has 0 radical (unpaired) electrons. The van der Waals surface area contributed by atoms with E-state index in [9.17, 15) is 0 Å². The molecule has 0 aliphatic carbocycles. The average Bonchev–Trinajstić information content (AvgIpc) is 2.24. The number of hydrogen-bond acceptors (Lipinski definition) is 2. The van der Waals surface area contributed by atoms with E-state index >= 15 is 0 Å². The molecule has 1 aliphatic heterocycles. The lowest BCUT2D eigenvalue weighted by Crippen LogP contribution is -2.48. The minimum Gasteiger partial charge on any atom is -0.377 e. The molecule has 0 unspecified atom stereocenters. The number of rotatable bonds is 3. The molecule has 2 rings (SSSR count). The Kier molecular flexibility index (Phi) is 2.90. The van der Waals surface area contributed by atoms with Gasteiger partial charge in [0.1, 0.15) is 0 Å². The lowest BCUT2D eigenvalue weighted by atomic mass is 9.99. The summed E-state index contributed by atoms with van der Waals surface area (Å²) < 4.78 is 0. The number of fused-ring (bicyclic) bond motifs is 1. The maximum Gasteiger partial charge on any atom is 0.0603 e. The third-order valence-corrected chi connectivity index (χ3v) is 2.91. The Morgan fingerprint density at radius 1 is 1.44 bits per heavy atom. The molecule has 0 bridgehead atoms. The van der Waals surface area contributed by atoms with Gasteiger partial charge in [0.05, 0.1) is 11.4 Å². The molecule has 0 saturated carbocycles. The first-order valence-electron chi connectivity index (χ1n) is 5.85. The van der Waals surface area contributed by atoms with Gasteiger partial charge in [-0.1, -0.05) is 18.2 Å². The maximum absolute atomic E-state index is 3.80. The van der Waals surface area contributed by atoms with Gasteiger partial charge in [-0.2, -0.15) is 0 Å². The van der Waals surface area contributed by atoms with Crippen LogP contribution in [0.15, 0.2) is 36.9 Å². The number of nitrogens with one attached hydrogen (secondary N) is 1. The largest absolute Gasteiger partial charge is 0.377 e. The number of nitrogens with zero attached hydrogens (tertiary/aromatic N) is 1. The first-order chi connectivity index (χ1) is 7.62. The molecule has 16 heavy (non-hydrogen) atoms. The molecule has 0 aromatic heterocycles. The van der Waals surface area contributed by atoms with Crippen molar-refractivity contribution in [1.82, 2.24) is 0 Å². The molecule has 0 amide bonds. The monoisotopic (exact) mass is 216 g/mol. The highest BCUT2D eigenvalue weighted by atomic mass is 15.2. The molecular formula is C14H20N2. The normalized spacial score (nSPS) is 17.5. The highest BCUT2D eigenvalue weighted by Crippen LogP contribution is 2.33. The van der Waals surface area contributed by atoms with Crippen LogP contribution in [-0.2, 0) is 0 Å². The fraction of sp³-hybridized carbons (Fsp3) is 0.429. The van der Waals surface area contributed by atoms with E-state index in [1.807, 2.05) is 6.08 Å². The van der Waals surface area contributed by atoms with Crippen LogP contribution in [0.1, 0.15) is 20.3 Å². The molecule has 0 spiro atoms. The van der Waals surface area contributed by atoms with Crippen molar-refractivity contribution < 1.29 is 0 Å². The van der Waals surface area contributed by atoms with Gasteiger partial charge in [-0.15, -0.1) is 6.58 Å². The van der Waals surface area contributed by atoms with Crippen LogP contribution < -0.4 is 10.2 Å². The summed E-state index contributed by atoms with van der Waals surface area (Å²) in [5, 5.41) is 3.58. The molecule has 2 heteroatoms. The second-order valence-corrected chi connectivity index (χ2v) is 5.02. The van der Waals surface area contributed by atoms with E-state index < -0.39 is 0 Å². The summed E-state index contributed by atoms with van der Waals surface area (Å²) >= 11 is 0. The standard InChI is InChI=1S/C14H20N2/c1-4-5-10-16-11-14(2,3)15-12-8-6-7-9-13(12)16/h4,6-9,15H,1,5,10-11H2,2-3H3. The summed E-state index contributed by atoms with van der Waals surface area (Å²) in [4.78, 5) is 2.44. The summed E-state index contributed by atoms with van der Waals surface area (Å²) in [5.41, 5.74) is 2.68. The van der Waals surface area contributed by atoms with Crippen molar-refractivity contribution in [2.45, 2.75) is 25.8 Å². The lowest BCUT2D eigenvalue weighted by Gasteiger charge is -2.42. The number of anilines is 2. The summed E-state index contributed by atoms with van der Waals surface area (Å²) in [5.74, 6) is 0. The van der Waals surface area contributed by atoms with Crippen LogP contribution in [-0.4, -0.2) is 18.6 Å². The third kappa shape index (κ3) is 2.21. The highest BCUT2D eigenvalue weighted by molar-refractivity contribution is 5.73. The fourth-order valence-electron chi connectivity index (χ4n) is 2.27. The van der Waals surface area contributed by atoms with Gasteiger partial charge in [0.25, 0.3) is 0 Å². The molecule has 0 fully saturated rings. The Morgan fingerprint density at radius 3 is 2.94 bits per heavy atom. The van der Waals surface area contributed by atoms with Crippen molar-refractivity contribution >= 4 is 11.4 Å². The van der Waals surface area contributed by atoms with Crippen molar-refractivity contribution in [3.05, 3.63) is 36.9 Å². The predicted molar refractivity (Wildman–Crippen MR) is 71.2 cm³/mol. The van der Waals surface area contributed by atoms with Gasteiger partial charge in [-0.25, -0.2) is 0 Å². The van der Waals surface area contributed by atoms with Gasteiger partial charge in [0.15, 0.2) is 0 Å². The van der Waals surface area contributed by atoms with Crippen molar-refractivity contribution in [1.29, 1.82) is 0 Å². The molecule has 1 heterocycles. The Balaban J connectivity index is 2.28. The van der Waals surface area contributed by atoms with Gasteiger partial charge in [0.2, 0.25) is 0 Å². The Hall–Kier alpha value is -1.44. The molecule has 2 nitrogen and oxygen atoms in total. The fourth-order valence-corrected chi connectivity index (χ4v) is 2.27. The first kappa shape index (κ1) is 11.1. The van der Waals surface area contributed by atoms with E-state index in [2.05, 4.69) is 54.9 Å². The van der Waals surface area contributed by atoms with Gasteiger partial charge in [-0.3, -0.25) is 0 Å². The molecule has 86 valence electrons. The van der Waals surface area contributed by atoms with Crippen LogP contribution in [0.4, 0.5) is 11.4 Å². The van der Waals surface area contributed by atoms with Crippen LogP contribution in [0.3, 0.4) is 0 Å². The summed E-state index contributed by atoms with van der Waals surface area (Å²) in [7, 11) is 0. The Morgan fingerprint density at radius 2 is 2.19 bits per heavy atom. The van der Waals surface area contributed by atoms with E-state index in [1.165, 1.54) is 11.4 Å². The molecular weight excluding hydrogens is 196 g/mol. The van der Waals surface area contributed by atoms with Crippen LogP contribution in [0, 0.1) is 0 Å². The van der Waals surface area contributed by atoms with Gasteiger partial charge in [-0.05, 0) is 32.4 Å². The van der Waals surface area contributed by atoms with E-state index in [0.29, 0.717) is 0 Å². The smallest absolute Gasteiger partial charge is 0.0603 e.